The third kappa shape index (κ3) is 3.96. The Morgan fingerprint density at radius 1 is 1.37 bits per heavy atom. The highest BCUT2D eigenvalue weighted by Crippen LogP contribution is 2.22. The molecule has 0 aliphatic heterocycles. The first-order valence-corrected chi connectivity index (χ1v) is 7.50. The number of benzene rings is 1. The molecule has 0 spiro atoms. The van der Waals surface area contributed by atoms with Crippen molar-refractivity contribution in [3.05, 3.63) is 24.3 Å². The lowest BCUT2D eigenvalue weighted by Crippen LogP contribution is -2.22. The minimum atomic E-state index is -3.57. The molecule has 106 valence electrons. The van der Waals surface area contributed by atoms with E-state index in [-0.39, 0.29) is 17.9 Å². The number of sulfone groups is 1. The topological polar surface area (TPSA) is 69.7 Å². The van der Waals surface area contributed by atoms with E-state index >= 15 is 0 Å². The van der Waals surface area contributed by atoms with Crippen molar-refractivity contribution < 1.29 is 22.7 Å². The summed E-state index contributed by atoms with van der Waals surface area (Å²) in [7, 11) is -2.10. The van der Waals surface area contributed by atoms with Crippen LogP contribution in [0.15, 0.2) is 29.2 Å². The number of hydrogen-bond donors (Lipinski definition) is 0. The van der Waals surface area contributed by atoms with Gasteiger partial charge in [0.2, 0.25) is 0 Å². The first kappa shape index (κ1) is 15.5. The zero-order chi connectivity index (χ0) is 14.5. The first-order chi connectivity index (χ1) is 8.91. The maximum Gasteiger partial charge on any atom is 0.307 e. The number of carbonyl (C=O) groups excluding carboxylic acids is 1. The smallest absolute Gasteiger partial charge is 0.307 e. The van der Waals surface area contributed by atoms with Gasteiger partial charge in [-0.2, -0.15) is 0 Å². The summed E-state index contributed by atoms with van der Waals surface area (Å²) in [4.78, 5) is 11.5. The lowest BCUT2D eigenvalue weighted by atomic mass is 10.3. The minimum absolute atomic E-state index is 0.142. The molecule has 1 aromatic rings. The Bertz CT molecular complexity index is 536. The zero-order valence-corrected chi connectivity index (χ0v) is 12.1. The Kier molecular flexibility index (Phi) is 5.35. The van der Waals surface area contributed by atoms with Crippen LogP contribution in [-0.4, -0.2) is 33.4 Å². The van der Waals surface area contributed by atoms with Crippen LogP contribution in [0.1, 0.15) is 20.3 Å². The van der Waals surface area contributed by atoms with Crippen LogP contribution in [0.3, 0.4) is 0 Å². The molecule has 1 atom stereocenters. The van der Waals surface area contributed by atoms with Crippen LogP contribution in [0.5, 0.6) is 5.75 Å². The van der Waals surface area contributed by atoms with Crippen LogP contribution in [0, 0.1) is 0 Å². The molecule has 1 unspecified atom stereocenters. The van der Waals surface area contributed by atoms with Gasteiger partial charge in [-0.1, -0.05) is 6.07 Å². The predicted octanol–water partition coefficient (Wildman–Crippen LogP) is 1.81. The van der Waals surface area contributed by atoms with Crippen molar-refractivity contribution in [2.24, 2.45) is 0 Å². The second-order valence-corrected chi connectivity index (χ2v) is 6.41. The molecule has 0 heterocycles. The summed E-state index contributed by atoms with van der Waals surface area (Å²) in [5.74, 6) is -0.0501. The molecule has 19 heavy (non-hydrogen) atoms. The van der Waals surface area contributed by atoms with E-state index in [1.165, 1.54) is 26.2 Å². The summed E-state index contributed by atoms with van der Waals surface area (Å²) in [6, 6.07) is 6.19. The van der Waals surface area contributed by atoms with Gasteiger partial charge in [-0.05, 0) is 32.0 Å². The molecule has 1 rings (SSSR count). The maximum absolute atomic E-state index is 12.3. The van der Waals surface area contributed by atoms with Gasteiger partial charge in [0.25, 0.3) is 0 Å². The lowest BCUT2D eigenvalue weighted by molar-refractivity contribution is -0.143. The van der Waals surface area contributed by atoms with Crippen molar-refractivity contribution >= 4 is 15.8 Å². The molecule has 0 N–H and O–H groups in total. The van der Waals surface area contributed by atoms with E-state index in [1.807, 2.05) is 0 Å². The summed E-state index contributed by atoms with van der Waals surface area (Å²) in [5.41, 5.74) is 0. The Hall–Kier alpha value is -1.56. The van der Waals surface area contributed by atoms with E-state index in [0.717, 1.165) is 0 Å². The van der Waals surface area contributed by atoms with Gasteiger partial charge in [-0.25, -0.2) is 8.42 Å². The molecule has 0 fully saturated rings. The monoisotopic (exact) mass is 286 g/mol. The van der Waals surface area contributed by atoms with Crippen LogP contribution in [-0.2, 0) is 19.4 Å². The molecule has 6 heteroatoms. The predicted molar refractivity (Wildman–Crippen MR) is 70.9 cm³/mol. The number of ether oxygens (including phenoxy) is 2. The van der Waals surface area contributed by atoms with Gasteiger partial charge in [-0.15, -0.1) is 0 Å². The molecule has 0 radical (unpaired) electrons. The second-order valence-electron chi connectivity index (χ2n) is 4.04. The molecule has 5 nitrogen and oxygen atoms in total. The van der Waals surface area contributed by atoms with E-state index in [2.05, 4.69) is 0 Å². The van der Waals surface area contributed by atoms with Crippen molar-refractivity contribution in [2.45, 2.75) is 30.4 Å². The summed E-state index contributed by atoms with van der Waals surface area (Å²) in [5, 5.41) is -0.835. The average Bonchev–Trinajstić information content (AvgIpc) is 2.38. The van der Waals surface area contributed by atoms with Crippen LogP contribution >= 0.6 is 0 Å². The molecule has 0 aliphatic rings. The summed E-state index contributed by atoms with van der Waals surface area (Å²) < 4.78 is 34.3. The molecule has 0 saturated heterocycles. The Balaban J connectivity index is 2.93. The fraction of sp³-hybridized carbons (Fsp3) is 0.462. The van der Waals surface area contributed by atoms with Crippen LogP contribution in [0.2, 0.25) is 0 Å². The van der Waals surface area contributed by atoms with Gasteiger partial charge in [-0.3, -0.25) is 4.79 Å². The second kappa shape index (κ2) is 6.56. The number of carbonyl (C=O) groups is 1. The third-order valence-corrected chi connectivity index (χ3v) is 4.80. The van der Waals surface area contributed by atoms with Gasteiger partial charge >= 0.3 is 5.97 Å². The number of hydrogen-bond acceptors (Lipinski definition) is 5. The standard InChI is InChI=1S/C13H18O5S/c1-4-18-13(14)8-10(2)19(15,16)12-7-5-6-11(9-12)17-3/h5-7,9-10H,4,8H2,1-3H3. The summed E-state index contributed by atoms with van der Waals surface area (Å²) in [6.07, 6.45) is -0.159. The van der Waals surface area contributed by atoms with Crippen molar-refractivity contribution in [1.82, 2.24) is 0 Å². The van der Waals surface area contributed by atoms with Gasteiger partial charge in [0.15, 0.2) is 9.84 Å². The van der Waals surface area contributed by atoms with Gasteiger partial charge in [0.1, 0.15) is 5.75 Å². The molecule has 0 saturated carbocycles. The van der Waals surface area contributed by atoms with Gasteiger partial charge < -0.3 is 9.47 Å². The molecular formula is C13H18O5S. The Morgan fingerprint density at radius 3 is 2.63 bits per heavy atom. The third-order valence-electron chi connectivity index (χ3n) is 2.66. The van der Waals surface area contributed by atoms with E-state index in [9.17, 15) is 13.2 Å². The normalized spacial score (nSPS) is 12.8. The van der Waals surface area contributed by atoms with Crippen molar-refractivity contribution in [1.29, 1.82) is 0 Å². The van der Waals surface area contributed by atoms with E-state index in [4.69, 9.17) is 9.47 Å². The Labute approximate surface area is 113 Å². The number of rotatable bonds is 6. The minimum Gasteiger partial charge on any atom is -0.497 e. The highest BCUT2D eigenvalue weighted by molar-refractivity contribution is 7.92. The van der Waals surface area contributed by atoms with E-state index in [1.54, 1.807) is 19.1 Å². The lowest BCUT2D eigenvalue weighted by Gasteiger charge is -2.13. The largest absolute Gasteiger partial charge is 0.497 e. The first-order valence-electron chi connectivity index (χ1n) is 5.95. The number of methoxy groups -OCH3 is 1. The molecule has 1 aromatic carbocycles. The van der Waals surface area contributed by atoms with Crippen molar-refractivity contribution in [3.63, 3.8) is 0 Å². The fourth-order valence-corrected chi connectivity index (χ4v) is 2.94. The van der Waals surface area contributed by atoms with Crippen LogP contribution in [0.25, 0.3) is 0 Å². The fourth-order valence-electron chi connectivity index (χ4n) is 1.57. The SMILES string of the molecule is CCOC(=O)CC(C)S(=O)(=O)c1cccc(OC)c1. The highest BCUT2D eigenvalue weighted by Gasteiger charge is 2.26. The molecule has 0 bridgehead atoms. The highest BCUT2D eigenvalue weighted by atomic mass is 32.2. The molecule has 0 aromatic heterocycles. The summed E-state index contributed by atoms with van der Waals surface area (Å²) in [6.45, 7) is 3.41. The molecular weight excluding hydrogens is 268 g/mol. The maximum atomic E-state index is 12.3. The van der Waals surface area contributed by atoms with E-state index in [0.29, 0.717) is 5.75 Å². The van der Waals surface area contributed by atoms with Crippen molar-refractivity contribution in [2.75, 3.05) is 13.7 Å². The number of esters is 1. The van der Waals surface area contributed by atoms with Crippen molar-refractivity contribution in [3.8, 4) is 5.75 Å². The van der Waals surface area contributed by atoms with Crippen LogP contribution < -0.4 is 4.74 Å². The zero-order valence-electron chi connectivity index (χ0n) is 11.3. The quantitative estimate of drug-likeness (QED) is 0.746. The molecule has 0 amide bonds. The van der Waals surface area contributed by atoms with Gasteiger partial charge in [0.05, 0.1) is 30.3 Å². The molecule has 0 aliphatic carbocycles. The Morgan fingerprint density at radius 2 is 2.05 bits per heavy atom. The van der Waals surface area contributed by atoms with Gasteiger partial charge in [0, 0.05) is 0 Å². The summed E-state index contributed by atoms with van der Waals surface area (Å²) >= 11 is 0. The average molecular weight is 286 g/mol. The van der Waals surface area contributed by atoms with Crippen LogP contribution in [0.4, 0.5) is 0 Å². The van der Waals surface area contributed by atoms with E-state index < -0.39 is 21.1 Å².